The zero-order chi connectivity index (χ0) is 19.7. The van der Waals surface area contributed by atoms with Crippen LogP contribution in [-0.4, -0.2) is 15.5 Å². The van der Waals surface area contributed by atoms with Gasteiger partial charge in [0.2, 0.25) is 5.91 Å². The quantitative estimate of drug-likeness (QED) is 0.459. The topological polar surface area (TPSA) is 46.9 Å². The Bertz CT molecular complexity index is 1200. The number of pyridine rings is 1. The van der Waals surface area contributed by atoms with E-state index >= 15 is 0 Å². The van der Waals surface area contributed by atoms with Crippen LogP contribution in [0.2, 0.25) is 5.02 Å². The first-order chi connectivity index (χ1) is 13.6. The van der Waals surface area contributed by atoms with Crippen molar-refractivity contribution in [3.8, 4) is 16.9 Å². The molecule has 28 heavy (non-hydrogen) atoms. The first-order valence-electron chi connectivity index (χ1n) is 8.53. The summed E-state index contributed by atoms with van der Waals surface area (Å²) in [6.07, 6.45) is 4.69. The zero-order valence-corrected chi connectivity index (χ0v) is 15.4. The van der Waals surface area contributed by atoms with Crippen LogP contribution in [-0.2, 0) is 4.79 Å². The predicted octanol–water partition coefficient (Wildman–Crippen LogP) is 5.61. The molecule has 2 aromatic carbocycles. The van der Waals surface area contributed by atoms with Gasteiger partial charge in [-0.25, -0.2) is 4.39 Å². The van der Waals surface area contributed by atoms with Crippen molar-refractivity contribution in [2.24, 2.45) is 0 Å². The minimum atomic E-state index is -0.452. The summed E-state index contributed by atoms with van der Waals surface area (Å²) < 4.78 is 16.3. The van der Waals surface area contributed by atoms with Crippen molar-refractivity contribution in [1.82, 2.24) is 9.55 Å². The lowest BCUT2D eigenvalue weighted by Gasteiger charge is -2.14. The molecule has 0 aliphatic rings. The SMILES string of the molecule is C=CC(=O)Nc1ccc(-n2ccc3c(F)c(Cl)ccc32)c(-c2ccccn2)c1. The molecule has 1 N–H and O–H groups in total. The predicted molar refractivity (Wildman–Crippen MR) is 110 cm³/mol. The van der Waals surface area contributed by atoms with E-state index in [4.69, 9.17) is 11.6 Å². The smallest absolute Gasteiger partial charge is 0.247 e. The van der Waals surface area contributed by atoms with Gasteiger partial charge < -0.3 is 9.88 Å². The highest BCUT2D eigenvalue weighted by molar-refractivity contribution is 6.31. The Balaban J connectivity index is 1.93. The van der Waals surface area contributed by atoms with Crippen molar-refractivity contribution in [3.63, 3.8) is 0 Å². The van der Waals surface area contributed by atoms with Crippen molar-refractivity contribution < 1.29 is 9.18 Å². The van der Waals surface area contributed by atoms with Gasteiger partial charge in [0.25, 0.3) is 0 Å². The van der Waals surface area contributed by atoms with Crippen molar-refractivity contribution in [2.45, 2.75) is 0 Å². The van der Waals surface area contributed by atoms with E-state index in [1.54, 1.807) is 30.6 Å². The van der Waals surface area contributed by atoms with Crippen molar-refractivity contribution >= 4 is 34.1 Å². The number of aromatic nitrogens is 2. The summed E-state index contributed by atoms with van der Waals surface area (Å²) in [6, 6.07) is 16.1. The molecule has 4 rings (SSSR count). The zero-order valence-electron chi connectivity index (χ0n) is 14.7. The minimum Gasteiger partial charge on any atom is -0.323 e. The second kappa shape index (κ2) is 7.29. The third kappa shape index (κ3) is 3.17. The molecule has 0 spiro atoms. The summed E-state index contributed by atoms with van der Waals surface area (Å²) in [5.74, 6) is -0.755. The molecule has 4 aromatic rings. The first kappa shape index (κ1) is 17.9. The monoisotopic (exact) mass is 391 g/mol. The van der Waals surface area contributed by atoms with E-state index in [1.807, 2.05) is 34.9 Å². The van der Waals surface area contributed by atoms with Gasteiger partial charge in [0, 0.05) is 29.0 Å². The lowest BCUT2D eigenvalue weighted by atomic mass is 10.1. The molecule has 2 heterocycles. The number of hydrogen-bond donors (Lipinski definition) is 1. The number of halogens is 2. The standard InChI is InChI=1S/C22H15ClFN3O/c1-2-21(28)26-14-6-8-20(16(13-14)18-5-3-4-11-25-18)27-12-10-15-19(27)9-7-17(23)22(15)24/h2-13H,1H2,(H,26,28). The Morgan fingerprint density at radius 2 is 2.04 bits per heavy atom. The van der Waals surface area contributed by atoms with Gasteiger partial charge >= 0.3 is 0 Å². The Morgan fingerprint density at radius 1 is 1.18 bits per heavy atom. The highest BCUT2D eigenvalue weighted by atomic mass is 35.5. The summed E-state index contributed by atoms with van der Waals surface area (Å²) in [6.45, 7) is 3.47. The third-order valence-corrected chi connectivity index (χ3v) is 4.70. The summed E-state index contributed by atoms with van der Waals surface area (Å²) in [5, 5.41) is 3.27. The van der Waals surface area contributed by atoms with Crippen LogP contribution in [0.25, 0.3) is 27.8 Å². The lowest BCUT2D eigenvalue weighted by Crippen LogP contribution is -2.08. The van der Waals surface area contributed by atoms with Crippen LogP contribution >= 0.6 is 11.6 Å². The second-order valence-electron chi connectivity index (χ2n) is 6.12. The molecule has 0 radical (unpaired) electrons. The van der Waals surface area contributed by atoms with Gasteiger partial charge in [0.15, 0.2) is 5.82 Å². The number of rotatable bonds is 4. The van der Waals surface area contributed by atoms with Crippen molar-refractivity contribution in [3.05, 3.63) is 90.5 Å². The van der Waals surface area contributed by atoms with E-state index in [1.165, 1.54) is 12.1 Å². The number of nitrogens with one attached hydrogen (secondary N) is 1. The third-order valence-electron chi connectivity index (χ3n) is 4.41. The highest BCUT2D eigenvalue weighted by Gasteiger charge is 2.15. The maximum Gasteiger partial charge on any atom is 0.247 e. The van der Waals surface area contributed by atoms with E-state index in [9.17, 15) is 9.18 Å². The largest absolute Gasteiger partial charge is 0.323 e. The molecule has 4 nitrogen and oxygen atoms in total. The lowest BCUT2D eigenvalue weighted by molar-refractivity contribution is -0.111. The Kier molecular flexibility index (Phi) is 4.67. The van der Waals surface area contributed by atoms with Gasteiger partial charge in [-0.15, -0.1) is 0 Å². The van der Waals surface area contributed by atoms with Gasteiger partial charge in [-0.3, -0.25) is 9.78 Å². The van der Waals surface area contributed by atoms with Crippen molar-refractivity contribution in [1.29, 1.82) is 0 Å². The Hall–Kier alpha value is -3.44. The fourth-order valence-corrected chi connectivity index (χ4v) is 3.27. The second-order valence-corrected chi connectivity index (χ2v) is 6.53. The average molecular weight is 392 g/mol. The number of benzene rings is 2. The van der Waals surface area contributed by atoms with E-state index in [0.29, 0.717) is 16.6 Å². The van der Waals surface area contributed by atoms with E-state index in [-0.39, 0.29) is 10.9 Å². The molecule has 0 atom stereocenters. The highest BCUT2D eigenvalue weighted by Crippen LogP contribution is 2.33. The Labute approximate surface area is 165 Å². The molecule has 0 saturated heterocycles. The number of hydrogen-bond acceptors (Lipinski definition) is 2. The molecule has 0 bridgehead atoms. The molecule has 138 valence electrons. The fraction of sp³-hybridized carbons (Fsp3) is 0. The average Bonchev–Trinajstić information content (AvgIpc) is 3.16. The van der Waals surface area contributed by atoms with E-state index in [2.05, 4.69) is 16.9 Å². The number of nitrogens with zero attached hydrogens (tertiary/aromatic N) is 2. The number of amides is 1. The van der Waals surface area contributed by atoms with Crippen LogP contribution in [0.5, 0.6) is 0 Å². The van der Waals surface area contributed by atoms with E-state index < -0.39 is 5.82 Å². The molecule has 1 amide bonds. The molecule has 0 aliphatic carbocycles. The van der Waals surface area contributed by atoms with Gasteiger partial charge in [-0.1, -0.05) is 24.2 Å². The van der Waals surface area contributed by atoms with Gasteiger partial charge in [0.1, 0.15) is 0 Å². The van der Waals surface area contributed by atoms with Crippen LogP contribution in [0.15, 0.2) is 79.6 Å². The number of anilines is 1. The molecule has 0 unspecified atom stereocenters. The van der Waals surface area contributed by atoms with Crippen LogP contribution < -0.4 is 5.32 Å². The van der Waals surface area contributed by atoms with Crippen LogP contribution in [0.4, 0.5) is 10.1 Å². The van der Waals surface area contributed by atoms with Crippen LogP contribution in [0, 0.1) is 5.82 Å². The first-order valence-corrected chi connectivity index (χ1v) is 8.90. The van der Waals surface area contributed by atoms with E-state index in [0.717, 1.165) is 16.9 Å². The summed E-state index contributed by atoms with van der Waals surface area (Å²) in [7, 11) is 0. The van der Waals surface area contributed by atoms with Gasteiger partial charge in [-0.05, 0) is 54.6 Å². The van der Waals surface area contributed by atoms with Crippen LogP contribution in [0.1, 0.15) is 0 Å². The molecule has 0 saturated carbocycles. The normalized spacial score (nSPS) is 10.8. The number of fused-ring (bicyclic) bond motifs is 1. The van der Waals surface area contributed by atoms with Crippen LogP contribution in [0.3, 0.4) is 0 Å². The molecular weight excluding hydrogens is 377 g/mol. The fourth-order valence-electron chi connectivity index (χ4n) is 3.11. The minimum absolute atomic E-state index is 0.0812. The Morgan fingerprint density at radius 3 is 2.79 bits per heavy atom. The summed E-state index contributed by atoms with van der Waals surface area (Å²) in [5.41, 5.74) is 3.60. The maximum atomic E-state index is 14.4. The van der Waals surface area contributed by atoms with Crippen molar-refractivity contribution in [2.75, 3.05) is 5.32 Å². The van der Waals surface area contributed by atoms with Gasteiger partial charge in [-0.2, -0.15) is 0 Å². The molecule has 2 aromatic heterocycles. The number of carbonyl (C=O) groups excluding carboxylic acids is 1. The maximum absolute atomic E-state index is 14.4. The summed E-state index contributed by atoms with van der Waals surface area (Å²) in [4.78, 5) is 16.1. The molecular formula is C22H15ClFN3O. The molecule has 0 fully saturated rings. The molecule has 0 aliphatic heterocycles. The summed E-state index contributed by atoms with van der Waals surface area (Å²) >= 11 is 5.91. The molecule has 6 heteroatoms. The van der Waals surface area contributed by atoms with Gasteiger partial charge in [0.05, 0.1) is 21.9 Å². The number of carbonyl (C=O) groups is 1.